The molecule has 0 aliphatic carbocycles. The van der Waals surface area contributed by atoms with Gasteiger partial charge in [-0.1, -0.05) is 0 Å². The Morgan fingerprint density at radius 1 is 1.33 bits per heavy atom. The maximum atomic E-state index is 5.27. The van der Waals surface area contributed by atoms with Gasteiger partial charge in [-0.25, -0.2) is 9.67 Å². The number of aromatic nitrogens is 3. The van der Waals surface area contributed by atoms with Crippen molar-refractivity contribution in [2.24, 2.45) is 4.99 Å². The molecular formula is C14H22N6O. The number of nitrogens with zero attached hydrogens (tertiary/aromatic N) is 4. The zero-order valence-electron chi connectivity index (χ0n) is 12.9. The Hall–Kier alpha value is -2.31. The largest absolute Gasteiger partial charge is 0.467 e. The van der Waals surface area contributed by atoms with Gasteiger partial charge in [-0.2, -0.15) is 5.10 Å². The average Bonchev–Trinajstić information content (AvgIpc) is 3.09. The first-order valence-electron chi connectivity index (χ1n) is 6.87. The Kier molecular flexibility index (Phi) is 4.62. The molecule has 2 N–H and O–H groups in total. The molecule has 0 bridgehead atoms. The highest BCUT2D eigenvalue weighted by Gasteiger charge is 2.18. The molecule has 0 aliphatic rings. The van der Waals surface area contributed by atoms with E-state index in [0.717, 1.165) is 11.6 Å². The number of guanidine groups is 1. The van der Waals surface area contributed by atoms with Gasteiger partial charge in [-0.3, -0.25) is 4.99 Å². The summed E-state index contributed by atoms with van der Waals surface area (Å²) in [7, 11) is 1.73. The molecule has 0 unspecified atom stereocenters. The van der Waals surface area contributed by atoms with Crippen molar-refractivity contribution in [3.8, 4) is 0 Å². The molecule has 2 rings (SSSR count). The molecule has 0 fully saturated rings. The van der Waals surface area contributed by atoms with E-state index in [0.29, 0.717) is 19.0 Å². The lowest BCUT2D eigenvalue weighted by Gasteiger charge is -2.21. The number of furan rings is 1. The van der Waals surface area contributed by atoms with E-state index in [1.807, 2.05) is 16.8 Å². The van der Waals surface area contributed by atoms with Crippen LogP contribution in [0.1, 0.15) is 32.4 Å². The molecule has 0 aromatic carbocycles. The molecule has 0 atom stereocenters. The fraction of sp³-hybridized carbons (Fsp3) is 0.500. The van der Waals surface area contributed by atoms with E-state index < -0.39 is 0 Å². The molecule has 0 aliphatic heterocycles. The normalized spacial score (nSPS) is 12.5. The molecule has 7 nitrogen and oxygen atoms in total. The van der Waals surface area contributed by atoms with E-state index in [1.54, 1.807) is 19.6 Å². The van der Waals surface area contributed by atoms with Crippen LogP contribution in [-0.2, 0) is 18.6 Å². The van der Waals surface area contributed by atoms with Crippen molar-refractivity contribution in [2.75, 3.05) is 7.05 Å². The van der Waals surface area contributed by atoms with Crippen LogP contribution in [-0.4, -0.2) is 27.8 Å². The zero-order chi connectivity index (χ0) is 15.3. The smallest absolute Gasteiger partial charge is 0.191 e. The van der Waals surface area contributed by atoms with Crippen molar-refractivity contribution in [3.63, 3.8) is 0 Å². The maximum absolute atomic E-state index is 5.27. The van der Waals surface area contributed by atoms with Crippen LogP contribution < -0.4 is 10.6 Å². The van der Waals surface area contributed by atoms with Gasteiger partial charge in [-0.05, 0) is 32.9 Å². The lowest BCUT2D eigenvalue weighted by atomic mass is 10.1. The third-order valence-electron chi connectivity index (χ3n) is 2.90. The first kappa shape index (κ1) is 15.1. The number of hydrogen-bond donors (Lipinski definition) is 2. The van der Waals surface area contributed by atoms with Gasteiger partial charge in [0, 0.05) is 7.05 Å². The standard InChI is InChI=1S/C14H22N6O/c1-14(2,3)20-12(18-10-19-20)9-17-13(15-4)16-8-11-6-5-7-21-11/h5-7,10H,8-9H2,1-4H3,(H2,15,16,17). The minimum absolute atomic E-state index is 0.0986. The second-order valence-corrected chi connectivity index (χ2v) is 5.62. The van der Waals surface area contributed by atoms with E-state index in [4.69, 9.17) is 4.42 Å². The summed E-state index contributed by atoms with van der Waals surface area (Å²) in [6.45, 7) is 7.41. The molecule has 2 heterocycles. The molecule has 21 heavy (non-hydrogen) atoms. The Morgan fingerprint density at radius 2 is 2.10 bits per heavy atom. The summed E-state index contributed by atoms with van der Waals surface area (Å²) >= 11 is 0. The second-order valence-electron chi connectivity index (χ2n) is 5.62. The van der Waals surface area contributed by atoms with Gasteiger partial charge in [0.05, 0.1) is 24.9 Å². The average molecular weight is 290 g/mol. The molecular weight excluding hydrogens is 268 g/mol. The van der Waals surface area contributed by atoms with Crippen LogP contribution in [0.5, 0.6) is 0 Å². The highest BCUT2D eigenvalue weighted by Crippen LogP contribution is 2.13. The lowest BCUT2D eigenvalue weighted by molar-refractivity contribution is 0.340. The summed E-state index contributed by atoms with van der Waals surface area (Å²) in [4.78, 5) is 8.46. The number of nitrogens with one attached hydrogen (secondary N) is 2. The lowest BCUT2D eigenvalue weighted by Crippen LogP contribution is -2.38. The SMILES string of the molecule is CN=C(NCc1ccco1)NCc1ncnn1C(C)(C)C. The van der Waals surface area contributed by atoms with Gasteiger partial charge < -0.3 is 15.1 Å². The van der Waals surface area contributed by atoms with Crippen LogP contribution in [0.15, 0.2) is 34.1 Å². The quantitative estimate of drug-likeness (QED) is 0.659. The minimum Gasteiger partial charge on any atom is -0.467 e. The van der Waals surface area contributed by atoms with Gasteiger partial charge in [-0.15, -0.1) is 0 Å². The van der Waals surface area contributed by atoms with E-state index in [9.17, 15) is 0 Å². The summed E-state index contributed by atoms with van der Waals surface area (Å²) in [6, 6.07) is 3.77. The van der Waals surface area contributed by atoms with E-state index >= 15 is 0 Å². The summed E-state index contributed by atoms with van der Waals surface area (Å²) in [5.41, 5.74) is -0.0986. The van der Waals surface area contributed by atoms with Crippen LogP contribution >= 0.6 is 0 Å². The molecule has 0 saturated heterocycles. The van der Waals surface area contributed by atoms with Gasteiger partial charge >= 0.3 is 0 Å². The van der Waals surface area contributed by atoms with Gasteiger partial charge in [0.25, 0.3) is 0 Å². The van der Waals surface area contributed by atoms with E-state index in [2.05, 4.69) is 46.5 Å². The third-order valence-corrected chi connectivity index (χ3v) is 2.90. The Balaban J connectivity index is 1.90. The zero-order valence-corrected chi connectivity index (χ0v) is 12.9. The van der Waals surface area contributed by atoms with Gasteiger partial charge in [0.15, 0.2) is 5.96 Å². The first-order valence-corrected chi connectivity index (χ1v) is 6.87. The molecule has 2 aromatic heterocycles. The van der Waals surface area contributed by atoms with Gasteiger partial charge in [0.1, 0.15) is 17.9 Å². The van der Waals surface area contributed by atoms with Crippen LogP contribution in [0, 0.1) is 0 Å². The third kappa shape index (κ3) is 4.08. The number of hydrogen-bond acceptors (Lipinski definition) is 4. The Bertz CT molecular complexity index is 579. The highest BCUT2D eigenvalue weighted by atomic mass is 16.3. The fourth-order valence-corrected chi connectivity index (χ4v) is 1.91. The summed E-state index contributed by atoms with van der Waals surface area (Å²) in [5, 5.41) is 10.7. The highest BCUT2D eigenvalue weighted by molar-refractivity contribution is 5.79. The predicted molar refractivity (Wildman–Crippen MR) is 80.8 cm³/mol. The van der Waals surface area contributed by atoms with Crippen LogP contribution in [0.25, 0.3) is 0 Å². The maximum Gasteiger partial charge on any atom is 0.191 e. The van der Waals surface area contributed by atoms with E-state index in [1.165, 1.54) is 0 Å². The summed E-state index contributed by atoms with van der Waals surface area (Å²) in [5.74, 6) is 2.41. The topological polar surface area (TPSA) is 80.3 Å². The molecule has 114 valence electrons. The second kappa shape index (κ2) is 6.43. The van der Waals surface area contributed by atoms with Crippen molar-refractivity contribution >= 4 is 5.96 Å². The van der Waals surface area contributed by atoms with Crippen LogP contribution in [0.4, 0.5) is 0 Å². The Morgan fingerprint density at radius 3 is 2.71 bits per heavy atom. The van der Waals surface area contributed by atoms with Crippen molar-refractivity contribution in [1.82, 2.24) is 25.4 Å². The van der Waals surface area contributed by atoms with Crippen LogP contribution in [0.2, 0.25) is 0 Å². The summed E-state index contributed by atoms with van der Waals surface area (Å²) < 4.78 is 7.17. The monoisotopic (exact) mass is 290 g/mol. The van der Waals surface area contributed by atoms with Gasteiger partial charge in [0.2, 0.25) is 0 Å². The first-order chi connectivity index (χ1) is 10.0. The number of aliphatic imine (C=N–C) groups is 1. The van der Waals surface area contributed by atoms with Crippen molar-refractivity contribution in [2.45, 2.75) is 39.4 Å². The van der Waals surface area contributed by atoms with Crippen LogP contribution in [0.3, 0.4) is 0 Å². The fourth-order valence-electron chi connectivity index (χ4n) is 1.91. The molecule has 2 aromatic rings. The van der Waals surface area contributed by atoms with Crippen molar-refractivity contribution in [3.05, 3.63) is 36.3 Å². The van der Waals surface area contributed by atoms with Crippen molar-refractivity contribution in [1.29, 1.82) is 0 Å². The van der Waals surface area contributed by atoms with E-state index in [-0.39, 0.29) is 5.54 Å². The molecule has 0 saturated carbocycles. The summed E-state index contributed by atoms with van der Waals surface area (Å²) in [6.07, 6.45) is 3.22. The minimum atomic E-state index is -0.0986. The molecule has 7 heteroatoms. The molecule has 0 radical (unpaired) electrons. The molecule has 0 spiro atoms. The van der Waals surface area contributed by atoms with Crippen molar-refractivity contribution < 1.29 is 4.42 Å². The molecule has 0 amide bonds. The number of rotatable bonds is 4. The Labute approximate surface area is 124 Å². The predicted octanol–water partition coefficient (Wildman–Crippen LogP) is 1.49.